The largest absolute Gasteiger partial charge is 0.343 e. The smallest absolute Gasteiger partial charge is 0.207 e. The number of hydrogen-bond acceptors (Lipinski definition) is 2. The Balaban J connectivity index is 2.52. The lowest BCUT2D eigenvalue weighted by Crippen LogP contribution is -2.42. The molecule has 2 heteroatoms. The van der Waals surface area contributed by atoms with E-state index >= 15 is 0 Å². The summed E-state index contributed by atoms with van der Waals surface area (Å²) in [6.07, 6.45) is 4.48. The molecule has 0 radical (unpaired) electrons. The first-order valence-electron chi connectivity index (χ1n) is 5.22. The number of rotatable bonds is 4. The molecule has 1 unspecified atom stereocenters. The van der Waals surface area contributed by atoms with Crippen molar-refractivity contribution in [1.82, 2.24) is 0 Å². The maximum atomic E-state index is 5.64. The van der Waals surface area contributed by atoms with Gasteiger partial charge in [-0.25, -0.2) is 0 Å². The van der Waals surface area contributed by atoms with E-state index in [2.05, 4.69) is 27.0 Å². The van der Waals surface area contributed by atoms with Gasteiger partial charge in [-0.1, -0.05) is 33.4 Å². The normalized spacial score (nSPS) is 24.1. The molecule has 1 saturated heterocycles. The molecule has 0 aromatic heterocycles. The first-order valence-corrected chi connectivity index (χ1v) is 5.22. The first-order chi connectivity index (χ1) is 6.67. The fraction of sp³-hybridized carbons (Fsp3) is 0.667. The Morgan fingerprint density at radius 3 is 2.21 bits per heavy atom. The average Bonchev–Trinajstić information content (AvgIpc) is 2.28. The van der Waals surface area contributed by atoms with Crippen LogP contribution in [0.2, 0.25) is 0 Å². The van der Waals surface area contributed by atoms with Crippen LogP contribution in [-0.4, -0.2) is 19.0 Å². The zero-order valence-electron chi connectivity index (χ0n) is 9.16. The van der Waals surface area contributed by atoms with E-state index in [0.29, 0.717) is 11.8 Å². The average molecular weight is 196 g/mol. The van der Waals surface area contributed by atoms with E-state index in [0.717, 1.165) is 19.6 Å². The van der Waals surface area contributed by atoms with Gasteiger partial charge in [0.25, 0.3) is 0 Å². The zero-order chi connectivity index (χ0) is 10.6. The highest BCUT2D eigenvalue weighted by atomic mass is 16.7. The van der Waals surface area contributed by atoms with Crippen LogP contribution in [0.1, 0.15) is 20.3 Å². The Kier molecular flexibility index (Phi) is 3.90. The highest BCUT2D eigenvalue weighted by Crippen LogP contribution is 2.28. The molecule has 1 aliphatic rings. The van der Waals surface area contributed by atoms with Gasteiger partial charge >= 0.3 is 0 Å². The van der Waals surface area contributed by atoms with Crippen molar-refractivity contribution in [2.75, 3.05) is 13.2 Å². The lowest BCUT2D eigenvalue weighted by molar-refractivity contribution is -0.232. The maximum Gasteiger partial charge on any atom is 0.207 e. The molecule has 0 bridgehead atoms. The molecule has 14 heavy (non-hydrogen) atoms. The van der Waals surface area contributed by atoms with Crippen molar-refractivity contribution in [1.29, 1.82) is 0 Å². The molecule has 2 nitrogen and oxygen atoms in total. The third-order valence-corrected chi connectivity index (χ3v) is 3.06. The fourth-order valence-electron chi connectivity index (χ4n) is 1.55. The molecule has 0 aliphatic carbocycles. The van der Waals surface area contributed by atoms with Gasteiger partial charge in [-0.05, 0) is 18.1 Å². The second-order valence-electron chi connectivity index (χ2n) is 3.90. The molecule has 0 amide bonds. The van der Waals surface area contributed by atoms with Crippen LogP contribution in [0.4, 0.5) is 0 Å². The van der Waals surface area contributed by atoms with Crippen molar-refractivity contribution in [3.05, 3.63) is 25.3 Å². The maximum absolute atomic E-state index is 5.64. The summed E-state index contributed by atoms with van der Waals surface area (Å²) in [6, 6.07) is 0. The first kappa shape index (κ1) is 11.5. The SMILES string of the molecule is C=CC1(C=C)OCC(C(C)CC)CO1. The molecule has 0 N–H and O–H groups in total. The van der Waals surface area contributed by atoms with Gasteiger partial charge in [-0.15, -0.1) is 0 Å². The van der Waals surface area contributed by atoms with E-state index < -0.39 is 5.79 Å². The summed E-state index contributed by atoms with van der Waals surface area (Å²) in [5, 5.41) is 0. The van der Waals surface area contributed by atoms with Crippen molar-refractivity contribution < 1.29 is 9.47 Å². The Morgan fingerprint density at radius 1 is 1.36 bits per heavy atom. The second-order valence-corrected chi connectivity index (χ2v) is 3.90. The molecular formula is C12H20O2. The molecule has 0 saturated carbocycles. The van der Waals surface area contributed by atoms with Gasteiger partial charge < -0.3 is 9.47 Å². The van der Waals surface area contributed by atoms with Crippen molar-refractivity contribution in [2.24, 2.45) is 11.8 Å². The molecule has 80 valence electrons. The van der Waals surface area contributed by atoms with Gasteiger partial charge in [0.2, 0.25) is 5.79 Å². The zero-order valence-corrected chi connectivity index (χ0v) is 9.16. The lowest BCUT2D eigenvalue weighted by Gasteiger charge is -2.37. The van der Waals surface area contributed by atoms with E-state index in [1.54, 1.807) is 12.2 Å². The van der Waals surface area contributed by atoms with E-state index in [1.165, 1.54) is 0 Å². The number of hydrogen-bond donors (Lipinski definition) is 0. The Hall–Kier alpha value is -0.600. The molecule has 1 aliphatic heterocycles. The van der Waals surface area contributed by atoms with Crippen molar-refractivity contribution in [3.8, 4) is 0 Å². The highest BCUT2D eigenvalue weighted by molar-refractivity contribution is 5.04. The molecular weight excluding hydrogens is 176 g/mol. The topological polar surface area (TPSA) is 18.5 Å². The monoisotopic (exact) mass is 196 g/mol. The molecule has 0 spiro atoms. The minimum atomic E-state index is -0.746. The molecule has 0 aromatic rings. The van der Waals surface area contributed by atoms with Crippen LogP contribution in [0, 0.1) is 11.8 Å². The fourth-order valence-corrected chi connectivity index (χ4v) is 1.55. The van der Waals surface area contributed by atoms with Gasteiger partial charge in [-0.3, -0.25) is 0 Å². The van der Waals surface area contributed by atoms with E-state index in [9.17, 15) is 0 Å². The van der Waals surface area contributed by atoms with Crippen LogP contribution < -0.4 is 0 Å². The number of ether oxygens (including phenoxy) is 2. The standard InChI is InChI=1S/C12H20O2/c1-5-10(4)11-8-13-12(6-2,7-3)14-9-11/h6-7,10-11H,2-3,5,8-9H2,1,4H3. The Labute approximate surface area is 86.6 Å². The predicted octanol–water partition coefficient (Wildman–Crippen LogP) is 2.76. The van der Waals surface area contributed by atoms with Crippen LogP contribution >= 0.6 is 0 Å². The summed E-state index contributed by atoms with van der Waals surface area (Å²) in [5.41, 5.74) is 0. The van der Waals surface area contributed by atoms with Crippen LogP contribution in [0.3, 0.4) is 0 Å². The summed E-state index contributed by atoms with van der Waals surface area (Å²) in [7, 11) is 0. The minimum absolute atomic E-state index is 0.494. The van der Waals surface area contributed by atoms with Gasteiger partial charge in [0.1, 0.15) is 0 Å². The third-order valence-electron chi connectivity index (χ3n) is 3.06. The van der Waals surface area contributed by atoms with Gasteiger partial charge in [0.15, 0.2) is 0 Å². The molecule has 1 rings (SSSR count). The van der Waals surface area contributed by atoms with E-state index in [-0.39, 0.29) is 0 Å². The molecule has 1 atom stereocenters. The lowest BCUT2D eigenvalue weighted by atomic mass is 9.92. The van der Waals surface area contributed by atoms with Crippen molar-refractivity contribution in [3.63, 3.8) is 0 Å². The molecule has 1 fully saturated rings. The molecule has 1 heterocycles. The van der Waals surface area contributed by atoms with Crippen molar-refractivity contribution in [2.45, 2.75) is 26.1 Å². The second kappa shape index (κ2) is 4.76. The summed E-state index contributed by atoms with van der Waals surface area (Å²) < 4.78 is 11.3. The third kappa shape index (κ3) is 2.25. The van der Waals surface area contributed by atoms with Crippen LogP contribution in [0.15, 0.2) is 25.3 Å². The van der Waals surface area contributed by atoms with Gasteiger partial charge in [0, 0.05) is 5.92 Å². The summed E-state index contributed by atoms with van der Waals surface area (Å²) in [6.45, 7) is 13.3. The van der Waals surface area contributed by atoms with Crippen LogP contribution in [-0.2, 0) is 9.47 Å². The minimum Gasteiger partial charge on any atom is -0.343 e. The summed E-state index contributed by atoms with van der Waals surface area (Å²) in [5.74, 6) is 0.389. The van der Waals surface area contributed by atoms with Crippen LogP contribution in [0.5, 0.6) is 0 Å². The predicted molar refractivity (Wildman–Crippen MR) is 58.0 cm³/mol. The Bertz CT molecular complexity index is 192. The van der Waals surface area contributed by atoms with E-state index in [4.69, 9.17) is 9.47 Å². The van der Waals surface area contributed by atoms with E-state index in [1.807, 2.05) is 0 Å². The van der Waals surface area contributed by atoms with Gasteiger partial charge in [0.05, 0.1) is 13.2 Å². The Morgan fingerprint density at radius 2 is 1.86 bits per heavy atom. The summed E-state index contributed by atoms with van der Waals surface area (Å²) >= 11 is 0. The highest BCUT2D eigenvalue weighted by Gasteiger charge is 2.33. The molecule has 0 aromatic carbocycles. The van der Waals surface area contributed by atoms with Crippen molar-refractivity contribution >= 4 is 0 Å². The van der Waals surface area contributed by atoms with Crippen LogP contribution in [0.25, 0.3) is 0 Å². The quantitative estimate of drug-likeness (QED) is 0.644. The summed E-state index contributed by atoms with van der Waals surface area (Å²) in [4.78, 5) is 0. The van der Waals surface area contributed by atoms with Gasteiger partial charge in [-0.2, -0.15) is 0 Å².